The Kier molecular flexibility index (Phi) is 4.56. The molecule has 2 rings (SSSR count). The van der Waals surface area contributed by atoms with Gasteiger partial charge < -0.3 is 5.32 Å². The fourth-order valence-electron chi connectivity index (χ4n) is 1.98. The molecule has 0 aliphatic heterocycles. The standard InChI is InChI=1S/C15H19N3S/c1-10-7-13(9-16-4)5-6-14(10)19-15-17-11(2)8-12(3)18-15/h5-8,16H,9H2,1-4H3. The van der Waals surface area contributed by atoms with Crippen LogP contribution in [-0.4, -0.2) is 17.0 Å². The van der Waals surface area contributed by atoms with Crippen molar-refractivity contribution in [1.29, 1.82) is 0 Å². The predicted octanol–water partition coefficient (Wildman–Crippen LogP) is 3.27. The molecule has 4 heteroatoms. The molecule has 0 aliphatic carbocycles. The van der Waals surface area contributed by atoms with Crippen molar-refractivity contribution in [1.82, 2.24) is 15.3 Å². The van der Waals surface area contributed by atoms with Crippen molar-refractivity contribution in [2.75, 3.05) is 7.05 Å². The van der Waals surface area contributed by atoms with Gasteiger partial charge in [-0.15, -0.1) is 0 Å². The maximum Gasteiger partial charge on any atom is 0.192 e. The monoisotopic (exact) mass is 273 g/mol. The summed E-state index contributed by atoms with van der Waals surface area (Å²) < 4.78 is 0. The SMILES string of the molecule is CNCc1ccc(Sc2nc(C)cc(C)n2)c(C)c1. The number of nitrogens with one attached hydrogen (secondary N) is 1. The van der Waals surface area contributed by atoms with Gasteiger partial charge in [-0.3, -0.25) is 0 Å². The van der Waals surface area contributed by atoms with Crippen molar-refractivity contribution in [3.05, 3.63) is 46.8 Å². The molecule has 0 atom stereocenters. The van der Waals surface area contributed by atoms with Crippen LogP contribution in [0.3, 0.4) is 0 Å². The Morgan fingerprint density at radius 1 is 1.05 bits per heavy atom. The van der Waals surface area contributed by atoms with E-state index < -0.39 is 0 Å². The number of benzene rings is 1. The highest BCUT2D eigenvalue weighted by atomic mass is 32.2. The van der Waals surface area contributed by atoms with Crippen LogP contribution in [0.4, 0.5) is 0 Å². The summed E-state index contributed by atoms with van der Waals surface area (Å²) in [5.41, 5.74) is 4.59. The van der Waals surface area contributed by atoms with Gasteiger partial charge in [0.15, 0.2) is 5.16 Å². The van der Waals surface area contributed by atoms with Crippen molar-refractivity contribution in [3.63, 3.8) is 0 Å². The molecule has 0 fully saturated rings. The molecule has 0 saturated carbocycles. The minimum atomic E-state index is 0.821. The third-order valence-electron chi connectivity index (χ3n) is 2.78. The van der Waals surface area contributed by atoms with Gasteiger partial charge in [0.05, 0.1) is 0 Å². The summed E-state index contributed by atoms with van der Waals surface area (Å²) in [4.78, 5) is 10.2. The van der Waals surface area contributed by atoms with Gasteiger partial charge in [0.2, 0.25) is 0 Å². The third kappa shape index (κ3) is 3.78. The lowest BCUT2D eigenvalue weighted by Crippen LogP contribution is -2.05. The lowest BCUT2D eigenvalue weighted by molar-refractivity contribution is 0.815. The van der Waals surface area contributed by atoms with Crippen LogP contribution in [0.5, 0.6) is 0 Å². The van der Waals surface area contributed by atoms with E-state index in [1.54, 1.807) is 11.8 Å². The molecule has 1 aromatic heterocycles. The first-order chi connectivity index (χ1) is 9.08. The molecular weight excluding hydrogens is 254 g/mol. The second-order valence-corrected chi connectivity index (χ2v) is 5.67. The maximum absolute atomic E-state index is 4.47. The van der Waals surface area contributed by atoms with Crippen LogP contribution < -0.4 is 5.32 Å². The summed E-state index contributed by atoms with van der Waals surface area (Å²) in [6.45, 7) is 7.03. The average Bonchev–Trinajstić information content (AvgIpc) is 2.32. The molecule has 0 spiro atoms. The van der Waals surface area contributed by atoms with Crippen molar-refractivity contribution in [3.8, 4) is 0 Å². The largest absolute Gasteiger partial charge is 0.316 e. The number of hydrogen-bond acceptors (Lipinski definition) is 4. The first-order valence-corrected chi connectivity index (χ1v) is 7.14. The highest BCUT2D eigenvalue weighted by molar-refractivity contribution is 7.99. The molecule has 19 heavy (non-hydrogen) atoms. The van der Waals surface area contributed by atoms with Crippen LogP contribution in [0.15, 0.2) is 34.3 Å². The molecule has 1 heterocycles. The van der Waals surface area contributed by atoms with Crippen molar-refractivity contribution in [2.45, 2.75) is 37.4 Å². The van der Waals surface area contributed by atoms with Crippen LogP contribution >= 0.6 is 11.8 Å². The molecular formula is C15H19N3S. The van der Waals surface area contributed by atoms with E-state index >= 15 is 0 Å². The Labute approximate surface area is 118 Å². The minimum Gasteiger partial charge on any atom is -0.316 e. The van der Waals surface area contributed by atoms with E-state index in [2.05, 4.69) is 40.4 Å². The van der Waals surface area contributed by atoms with E-state index in [9.17, 15) is 0 Å². The molecule has 100 valence electrons. The number of rotatable bonds is 4. The molecule has 0 bridgehead atoms. The van der Waals surface area contributed by atoms with Crippen LogP contribution in [-0.2, 0) is 6.54 Å². The summed E-state index contributed by atoms with van der Waals surface area (Å²) in [6.07, 6.45) is 0. The molecule has 0 amide bonds. The fraction of sp³-hybridized carbons (Fsp3) is 0.333. The molecule has 0 aliphatic rings. The number of aromatic nitrogens is 2. The third-order valence-corrected chi connectivity index (χ3v) is 3.83. The zero-order chi connectivity index (χ0) is 13.8. The number of nitrogens with zero attached hydrogens (tertiary/aromatic N) is 2. The summed E-state index contributed by atoms with van der Waals surface area (Å²) in [5, 5.41) is 3.99. The van der Waals surface area contributed by atoms with Gasteiger partial charge in [-0.25, -0.2) is 9.97 Å². The zero-order valence-corrected chi connectivity index (χ0v) is 12.6. The van der Waals surface area contributed by atoms with Gasteiger partial charge in [0.25, 0.3) is 0 Å². The van der Waals surface area contributed by atoms with Crippen molar-refractivity contribution < 1.29 is 0 Å². The first-order valence-electron chi connectivity index (χ1n) is 6.33. The molecule has 0 radical (unpaired) electrons. The van der Waals surface area contributed by atoms with E-state index in [1.807, 2.05) is 27.0 Å². The molecule has 0 unspecified atom stereocenters. The Hall–Kier alpha value is -1.39. The van der Waals surface area contributed by atoms with Gasteiger partial charge in [-0.2, -0.15) is 0 Å². The topological polar surface area (TPSA) is 37.8 Å². The Morgan fingerprint density at radius 2 is 1.74 bits per heavy atom. The molecule has 3 nitrogen and oxygen atoms in total. The smallest absolute Gasteiger partial charge is 0.192 e. The normalized spacial score (nSPS) is 10.7. The van der Waals surface area contributed by atoms with E-state index in [-0.39, 0.29) is 0 Å². The van der Waals surface area contributed by atoms with Crippen LogP contribution in [0.1, 0.15) is 22.5 Å². The lowest BCUT2D eigenvalue weighted by Gasteiger charge is -2.08. The predicted molar refractivity (Wildman–Crippen MR) is 79.6 cm³/mol. The Morgan fingerprint density at radius 3 is 2.32 bits per heavy atom. The molecule has 0 saturated heterocycles. The van der Waals surface area contributed by atoms with E-state index in [0.29, 0.717) is 0 Å². The molecule has 1 aromatic carbocycles. The van der Waals surface area contributed by atoms with Crippen LogP contribution in [0, 0.1) is 20.8 Å². The Balaban J connectivity index is 2.23. The highest BCUT2D eigenvalue weighted by Gasteiger charge is 2.06. The summed E-state index contributed by atoms with van der Waals surface area (Å²) >= 11 is 1.63. The van der Waals surface area contributed by atoms with E-state index in [1.165, 1.54) is 16.0 Å². The summed E-state index contributed by atoms with van der Waals surface area (Å²) in [6, 6.07) is 8.50. The van der Waals surface area contributed by atoms with E-state index in [0.717, 1.165) is 23.1 Å². The molecule has 1 N–H and O–H groups in total. The summed E-state index contributed by atoms with van der Waals surface area (Å²) in [7, 11) is 1.96. The van der Waals surface area contributed by atoms with Gasteiger partial charge in [-0.05, 0) is 62.8 Å². The fourth-order valence-corrected chi connectivity index (χ4v) is 2.91. The van der Waals surface area contributed by atoms with Crippen molar-refractivity contribution in [2.24, 2.45) is 0 Å². The van der Waals surface area contributed by atoms with E-state index in [4.69, 9.17) is 0 Å². The van der Waals surface area contributed by atoms with Crippen LogP contribution in [0.25, 0.3) is 0 Å². The molecule has 2 aromatic rings. The maximum atomic E-state index is 4.47. The first kappa shape index (κ1) is 14.0. The number of hydrogen-bond donors (Lipinski definition) is 1. The lowest BCUT2D eigenvalue weighted by atomic mass is 10.1. The number of aryl methyl sites for hydroxylation is 3. The minimum absolute atomic E-state index is 0.821. The van der Waals surface area contributed by atoms with Gasteiger partial charge in [0, 0.05) is 22.8 Å². The average molecular weight is 273 g/mol. The highest BCUT2D eigenvalue weighted by Crippen LogP contribution is 2.28. The second kappa shape index (κ2) is 6.17. The quantitative estimate of drug-likeness (QED) is 0.868. The van der Waals surface area contributed by atoms with Crippen molar-refractivity contribution >= 4 is 11.8 Å². The summed E-state index contributed by atoms with van der Waals surface area (Å²) in [5.74, 6) is 0. The van der Waals surface area contributed by atoms with Gasteiger partial charge in [-0.1, -0.05) is 12.1 Å². The van der Waals surface area contributed by atoms with Gasteiger partial charge >= 0.3 is 0 Å². The Bertz CT molecular complexity index is 561. The second-order valence-electron chi connectivity index (χ2n) is 4.67. The van der Waals surface area contributed by atoms with Gasteiger partial charge in [0.1, 0.15) is 0 Å². The zero-order valence-electron chi connectivity index (χ0n) is 11.8. The van der Waals surface area contributed by atoms with Crippen LogP contribution in [0.2, 0.25) is 0 Å².